The molecular weight excluding hydrogens is 240 g/mol. The van der Waals surface area contributed by atoms with Gasteiger partial charge in [-0.2, -0.15) is 5.10 Å². The molecule has 0 radical (unpaired) electrons. The number of hydrogen-bond acceptors (Lipinski definition) is 3. The Bertz CT molecular complexity index is 556. The van der Waals surface area contributed by atoms with Crippen LogP contribution in [0.4, 0.5) is 0 Å². The Morgan fingerprint density at radius 2 is 2.05 bits per heavy atom. The Hall–Kier alpha value is -1.62. The Labute approximate surface area is 113 Å². The summed E-state index contributed by atoms with van der Waals surface area (Å²) in [5.74, 6) is 0.939. The normalized spacial score (nSPS) is 12.9. The zero-order chi connectivity index (χ0) is 14.0. The first kappa shape index (κ1) is 13.8. The van der Waals surface area contributed by atoms with Crippen molar-refractivity contribution >= 4 is 0 Å². The molecule has 2 aromatic rings. The molecule has 5 heteroatoms. The Kier molecular flexibility index (Phi) is 4.04. The molecule has 2 rings (SSSR count). The van der Waals surface area contributed by atoms with Crippen molar-refractivity contribution in [3.63, 3.8) is 0 Å². The van der Waals surface area contributed by atoms with Crippen LogP contribution in [0.2, 0.25) is 0 Å². The minimum absolute atomic E-state index is 0.422. The third kappa shape index (κ3) is 2.87. The van der Waals surface area contributed by atoms with Crippen LogP contribution in [0.15, 0.2) is 12.4 Å². The molecule has 0 saturated heterocycles. The smallest absolute Gasteiger partial charge is 0.111 e. The van der Waals surface area contributed by atoms with Gasteiger partial charge in [0.25, 0.3) is 0 Å². The predicted octanol–water partition coefficient (Wildman–Crippen LogP) is 1.40. The number of rotatable bonds is 5. The van der Waals surface area contributed by atoms with Crippen LogP contribution in [-0.2, 0) is 26.4 Å². The lowest BCUT2D eigenvalue weighted by molar-refractivity contribution is 0.171. The monoisotopic (exact) mass is 262 g/mol. The molecule has 0 saturated carbocycles. The van der Waals surface area contributed by atoms with Crippen LogP contribution in [0.5, 0.6) is 0 Å². The van der Waals surface area contributed by atoms with Gasteiger partial charge in [-0.05, 0) is 26.3 Å². The maximum atomic E-state index is 10.3. The van der Waals surface area contributed by atoms with E-state index in [1.54, 1.807) is 6.20 Å². The lowest BCUT2D eigenvalue weighted by atomic mass is 10.0. The van der Waals surface area contributed by atoms with E-state index in [2.05, 4.69) is 21.6 Å². The summed E-state index contributed by atoms with van der Waals surface area (Å²) in [7, 11) is 1.93. The molecule has 0 spiro atoms. The molecule has 0 aliphatic carbocycles. The summed E-state index contributed by atoms with van der Waals surface area (Å²) in [6, 6.07) is 0. The average Bonchev–Trinajstić information content (AvgIpc) is 2.89. The summed E-state index contributed by atoms with van der Waals surface area (Å²) in [4.78, 5) is 4.30. The van der Waals surface area contributed by atoms with E-state index in [-0.39, 0.29) is 0 Å². The lowest BCUT2D eigenvalue weighted by Crippen LogP contribution is -2.18. The Balaban J connectivity index is 2.07. The molecule has 0 aromatic carbocycles. The topological polar surface area (TPSA) is 55.9 Å². The molecular formula is C14H22N4O. The second-order valence-corrected chi connectivity index (χ2v) is 4.96. The van der Waals surface area contributed by atoms with Gasteiger partial charge in [-0.15, -0.1) is 0 Å². The van der Waals surface area contributed by atoms with Gasteiger partial charge in [0.15, 0.2) is 0 Å². The second-order valence-electron chi connectivity index (χ2n) is 4.96. The van der Waals surface area contributed by atoms with E-state index in [1.165, 1.54) is 0 Å². The van der Waals surface area contributed by atoms with Gasteiger partial charge < -0.3 is 9.67 Å². The van der Waals surface area contributed by atoms with Crippen LogP contribution in [0.1, 0.15) is 29.7 Å². The van der Waals surface area contributed by atoms with Gasteiger partial charge >= 0.3 is 0 Å². The average molecular weight is 262 g/mol. The molecule has 1 atom stereocenters. The summed E-state index contributed by atoms with van der Waals surface area (Å²) in [5.41, 5.74) is 3.26. The second kappa shape index (κ2) is 5.57. The molecule has 19 heavy (non-hydrogen) atoms. The Morgan fingerprint density at radius 1 is 1.32 bits per heavy atom. The molecule has 5 nitrogen and oxygen atoms in total. The zero-order valence-corrected chi connectivity index (χ0v) is 12.1. The first-order valence-electron chi connectivity index (χ1n) is 6.70. The minimum atomic E-state index is -0.422. The summed E-state index contributed by atoms with van der Waals surface area (Å²) in [6.45, 7) is 6.98. The van der Waals surface area contributed by atoms with Crippen molar-refractivity contribution in [2.45, 2.75) is 46.3 Å². The van der Waals surface area contributed by atoms with Gasteiger partial charge in [0.05, 0.1) is 11.8 Å². The van der Waals surface area contributed by atoms with Gasteiger partial charge in [-0.3, -0.25) is 4.68 Å². The van der Waals surface area contributed by atoms with E-state index in [4.69, 9.17) is 0 Å². The molecule has 0 bridgehead atoms. The van der Waals surface area contributed by atoms with Crippen molar-refractivity contribution < 1.29 is 5.11 Å². The third-order valence-electron chi connectivity index (χ3n) is 3.66. The van der Waals surface area contributed by atoms with Crippen LogP contribution < -0.4 is 0 Å². The highest BCUT2D eigenvalue weighted by atomic mass is 16.3. The van der Waals surface area contributed by atoms with E-state index in [1.807, 2.05) is 31.8 Å². The molecule has 1 unspecified atom stereocenters. The highest BCUT2D eigenvalue weighted by molar-refractivity contribution is 5.25. The van der Waals surface area contributed by atoms with E-state index < -0.39 is 6.10 Å². The molecule has 0 aliphatic heterocycles. The summed E-state index contributed by atoms with van der Waals surface area (Å²) < 4.78 is 3.93. The summed E-state index contributed by atoms with van der Waals surface area (Å²) >= 11 is 0. The maximum Gasteiger partial charge on any atom is 0.111 e. The van der Waals surface area contributed by atoms with Crippen molar-refractivity contribution in [2.24, 2.45) is 7.05 Å². The first-order valence-corrected chi connectivity index (χ1v) is 6.70. The highest BCUT2D eigenvalue weighted by Gasteiger charge is 2.16. The highest BCUT2D eigenvalue weighted by Crippen LogP contribution is 2.15. The number of aromatic nitrogens is 4. The Morgan fingerprint density at radius 3 is 2.63 bits per heavy atom. The van der Waals surface area contributed by atoms with Crippen molar-refractivity contribution in [2.75, 3.05) is 0 Å². The fourth-order valence-corrected chi connectivity index (χ4v) is 2.45. The van der Waals surface area contributed by atoms with Gasteiger partial charge in [-0.25, -0.2) is 4.98 Å². The SMILES string of the molecule is CCn1ccnc1CC(O)Cc1c(C)nn(C)c1C. The summed E-state index contributed by atoms with van der Waals surface area (Å²) in [5, 5.41) is 14.6. The van der Waals surface area contributed by atoms with Gasteiger partial charge in [0.1, 0.15) is 5.82 Å². The van der Waals surface area contributed by atoms with Crippen molar-refractivity contribution in [1.29, 1.82) is 0 Å². The van der Waals surface area contributed by atoms with E-state index >= 15 is 0 Å². The molecule has 0 amide bonds. The van der Waals surface area contributed by atoms with Gasteiger partial charge in [0.2, 0.25) is 0 Å². The molecule has 1 N–H and O–H groups in total. The van der Waals surface area contributed by atoms with E-state index in [9.17, 15) is 5.11 Å². The fourth-order valence-electron chi connectivity index (χ4n) is 2.45. The molecule has 0 aliphatic rings. The quantitative estimate of drug-likeness (QED) is 0.886. The standard InChI is InChI=1S/C14H22N4O/c1-5-18-7-6-15-14(18)9-12(19)8-13-10(2)16-17(4)11(13)3/h6-7,12,19H,5,8-9H2,1-4H3. The minimum Gasteiger partial charge on any atom is -0.392 e. The van der Waals surface area contributed by atoms with Crippen LogP contribution in [0, 0.1) is 13.8 Å². The number of nitrogens with zero attached hydrogens (tertiary/aromatic N) is 4. The van der Waals surface area contributed by atoms with Crippen molar-refractivity contribution in [3.8, 4) is 0 Å². The predicted molar refractivity (Wildman–Crippen MR) is 74.0 cm³/mol. The van der Waals surface area contributed by atoms with Gasteiger partial charge in [0, 0.05) is 44.5 Å². The number of aryl methyl sites for hydroxylation is 3. The third-order valence-corrected chi connectivity index (χ3v) is 3.66. The molecule has 2 aromatic heterocycles. The molecule has 2 heterocycles. The molecule has 0 fully saturated rings. The number of hydrogen-bond donors (Lipinski definition) is 1. The van der Waals surface area contributed by atoms with Crippen molar-refractivity contribution in [1.82, 2.24) is 19.3 Å². The largest absolute Gasteiger partial charge is 0.392 e. The van der Waals surface area contributed by atoms with Crippen LogP contribution >= 0.6 is 0 Å². The van der Waals surface area contributed by atoms with Gasteiger partial charge in [-0.1, -0.05) is 0 Å². The number of imidazole rings is 1. The van der Waals surface area contributed by atoms with E-state index in [0.29, 0.717) is 12.8 Å². The van der Waals surface area contributed by atoms with Crippen LogP contribution in [-0.4, -0.2) is 30.5 Å². The number of aliphatic hydroxyl groups is 1. The summed E-state index contributed by atoms with van der Waals surface area (Å²) in [6.07, 6.45) is 4.51. The molecule has 104 valence electrons. The number of aliphatic hydroxyl groups excluding tert-OH is 1. The van der Waals surface area contributed by atoms with Crippen LogP contribution in [0.25, 0.3) is 0 Å². The lowest BCUT2D eigenvalue weighted by Gasteiger charge is -2.12. The van der Waals surface area contributed by atoms with Crippen LogP contribution in [0.3, 0.4) is 0 Å². The van der Waals surface area contributed by atoms with E-state index in [0.717, 1.165) is 29.3 Å². The maximum absolute atomic E-state index is 10.3. The zero-order valence-electron chi connectivity index (χ0n) is 12.1. The van der Waals surface area contributed by atoms with Crippen molar-refractivity contribution in [3.05, 3.63) is 35.2 Å². The first-order chi connectivity index (χ1) is 9.02. The fraction of sp³-hybridized carbons (Fsp3) is 0.571.